The van der Waals surface area contributed by atoms with Crippen LogP contribution >= 0.6 is 0 Å². The van der Waals surface area contributed by atoms with Crippen LogP contribution in [0.5, 0.6) is 0 Å². The average Bonchev–Trinajstić information content (AvgIpc) is 1.62. The maximum absolute atomic E-state index is 10.1. The summed E-state index contributed by atoms with van der Waals surface area (Å²) >= 11 is 0. The number of carbonyl (C=O) groups is 1. The monoisotopic (exact) mass is 2230 g/mol. The fourth-order valence-electron chi connectivity index (χ4n) is 15.8. The van der Waals surface area contributed by atoms with Gasteiger partial charge in [0, 0.05) is 155 Å². The van der Waals surface area contributed by atoms with E-state index in [2.05, 4.69) is 164 Å². The Balaban J connectivity index is 0.000000186. The summed E-state index contributed by atoms with van der Waals surface area (Å²) < 4.78 is 6.43. The minimum atomic E-state index is -0.990. The second kappa shape index (κ2) is 46.3. The third kappa shape index (κ3) is 26.3. The summed E-state index contributed by atoms with van der Waals surface area (Å²) in [5, 5.41) is 12.8. The molecule has 8 heterocycles. The zero-order chi connectivity index (χ0) is 77.0. The molecular weight excluding hydrogens is 2120 g/mol. The summed E-state index contributed by atoms with van der Waals surface area (Å²) in [4.78, 5) is 40.4. The number of benzene rings is 5. The molecule has 4 radical (unpaired) electrons. The van der Waals surface area contributed by atoms with Crippen molar-refractivity contribution in [3.63, 3.8) is 0 Å². The molecule has 5 aromatic carbocycles. The van der Waals surface area contributed by atoms with Crippen LogP contribution in [0.25, 0.3) is 62.2 Å². The molecule has 4 aliphatic rings. The van der Waals surface area contributed by atoms with Crippen molar-refractivity contribution >= 4 is 5.97 Å². The van der Waals surface area contributed by atoms with Crippen LogP contribution in [0.2, 0.25) is 0 Å². The van der Waals surface area contributed by atoms with Crippen molar-refractivity contribution < 1.29 is 90.3 Å². The predicted molar refractivity (Wildman–Crippen MR) is 443 cm³/mol. The van der Waals surface area contributed by atoms with Crippen LogP contribution in [0, 0.1) is 61.1 Å². The summed E-state index contributed by atoms with van der Waals surface area (Å²) in [6.45, 7) is 13.5. The molecular formula is C97H105Ir4N11O2-6. The Kier molecular flexibility index (Phi) is 37.7. The summed E-state index contributed by atoms with van der Waals surface area (Å²) in [6.07, 6.45) is 41.8. The molecule has 17 rings (SSSR count). The largest absolute Gasteiger partial charge is 0.477 e. The fraction of sp³-hybridized carbons (Fsp3) is 0.330. The van der Waals surface area contributed by atoms with Crippen LogP contribution < -0.4 is 0 Å². The number of carboxylic acid groups (broad SMARTS) is 1. The molecule has 4 aliphatic carbocycles. The maximum atomic E-state index is 10.1. The van der Waals surface area contributed by atoms with Gasteiger partial charge in [-0.2, -0.15) is 29.4 Å². The number of aromatic nitrogens is 11. The first-order valence-electron chi connectivity index (χ1n) is 39.2. The number of para-hydroxylation sites is 1. The van der Waals surface area contributed by atoms with Gasteiger partial charge in [0.1, 0.15) is 5.69 Å². The number of rotatable bonds is 14. The number of hydrogen-bond donors (Lipinski definition) is 1. The van der Waals surface area contributed by atoms with E-state index in [0.717, 1.165) is 73.6 Å². The summed E-state index contributed by atoms with van der Waals surface area (Å²) in [5.74, 6) is 1.03. The number of carboxylic acids is 1. The van der Waals surface area contributed by atoms with E-state index in [1.807, 2.05) is 189 Å². The van der Waals surface area contributed by atoms with Gasteiger partial charge in [-0.05, 0) is 151 Å². The van der Waals surface area contributed by atoms with Gasteiger partial charge in [-0.1, -0.05) is 153 Å². The Morgan fingerprint density at radius 3 is 1.46 bits per heavy atom. The molecule has 13 nitrogen and oxygen atoms in total. The minimum Gasteiger partial charge on any atom is -0.477 e. The van der Waals surface area contributed by atoms with Gasteiger partial charge in [-0.3, -0.25) is 14.6 Å². The van der Waals surface area contributed by atoms with Gasteiger partial charge >= 0.3 is 5.97 Å². The van der Waals surface area contributed by atoms with E-state index >= 15 is 0 Å². The Bertz CT molecular complexity index is 4720. The number of imidazole rings is 2. The van der Waals surface area contributed by atoms with E-state index in [0.29, 0.717) is 16.2 Å². The zero-order valence-electron chi connectivity index (χ0n) is 66.8. The molecule has 0 unspecified atom stereocenters. The molecule has 0 saturated heterocycles. The third-order valence-electron chi connectivity index (χ3n) is 22.3. The second-order valence-electron chi connectivity index (χ2n) is 30.5. The second-order valence-corrected chi connectivity index (χ2v) is 30.5. The molecule has 0 bridgehead atoms. The van der Waals surface area contributed by atoms with Gasteiger partial charge < -0.3 is 34.2 Å². The van der Waals surface area contributed by atoms with Gasteiger partial charge in [0.05, 0.1) is 17.8 Å². The summed E-state index contributed by atoms with van der Waals surface area (Å²) in [5.41, 5.74) is 18.5. The van der Waals surface area contributed by atoms with Crippen LogP contribution in [-0.4, -0.2) is 64.9 Å². The summed E-state index contributed by atoms with van der Waals surface area (Å²) in [7, 11) is 4.26. The average molecular weight is 2230 g/mol. The number of hydrogen-bond acceptors (Lipinski definition) is 9. The zero-order valence-corrected chi connectivity index (χ0v) is 76.4. The minimum absolute atomic E-state index is 0. The van der Waals surface area contributed by atoms with Crippen molar-refractivity contribution in [3.05, 3.63) is 320 Å². The molecule has 4 saturated carbocycles. The first-order valence-corrected chi connectivity index (χ1v) is 39.2. The van der Waals surface area contributed by atoms with E-state index in [9.17, 15) is 4.79 Å². The number of pyridine rings is 5. The van der Waals surface area contributed by atoms with E-state index in [1.165, 1.54) is 163 Å². The van der Waals surface area contributed by atoms with E-state index < -0.39 is 5.97 Å². The van der Waals surface area contributed by atoms with E-state index in [-0.39, 0.29) is 91.5 Å². The molecule has 0 amide bonds. The van der Waals surface area contributed by atoms with Gasteiger partial charge in [0.2, 0.25) is 0 Å². The smallest absolute Gasteiger partial charge is 0.354 e. The standard InChI is InChI=1S/C18H23N2.C18H20N.C17H22N3.C16H19N2.2C11H8N.C6H5NO2.4Ir/c1-3-18(11-7-8-12-18)13-16-14-19-17(20(16)2)15-9-5-4-6-10-15;1-18(10-5-6-11-18)14-15-9-12-19-17(13-15)16-7-3-2-4-8-16;1-12-7-8-14(13(2)19-12)16-18-11-15(20(16)4)17(3)9-5-6-10-17;1-16(10-6-3-7-11-16)14-12-17-18(13-14)15-8-4-2-5-9-15;2*1-2-6-10(7-3-1)11-8-4-5-9-12-11;8-6(9)5-3-1-2-4-7-5;;;;/h4-6,9,14H,3,7-8,11-13H2,1-2H3;2-4,7,9,12-13H,5-6,10-11,14H2,1H3;7,11H,5-6,9-10H2,1-4H3;2,4-5,8,12-13H,3,6-7,10-11H2,1H3;2*1-6,8-9H;1-4H,(H,8,9);;;;/q6*-1;;;;;. The Morgan fingerprint density at radius 2 is 0.956 bits per heavy atom. The van der Waals surface area contributed by atoms with Crippen molar-refractivity contribution in [1.82, 2.24) is 53.8 Å². The Hall–Kier alpha value is -8.45. The molecule has 0 aliphatic heterocycles. The van der Waals surface area contributed by atoms with Crippen molar-refractivity contribution in [2.24, 2.45) is 24.9 Å². The van der Waals surface area contributed by atoms with E-state index in [1.54, 1.807) is 24.5 Å². The SMILES string of the molecule is CC1(Cc2ccnc(-c3[c-]cccc3)c2)CCCC1.CC1(c2cnn(-c3[c-]cccc3)c2)CCCCC1.CCC1(Cc2cnc(-c3[c-]cccc3)n2C)CCCC1.Cc1c[c-]c(-c2ncc(C3(C)CCCC3)n2C)c(C)n1.O=C(O)c1ccccn1.[Ir].[Ir].[Ir].[Ir].[c-]1ccccc1-c1ccccn1.[c-]1ccccc1-c1ccccn1. The van der Waals surface area contributed by atoms with Crippen LogP contribution in [-0.2, 0) is 118 Å². The van der Waals surface area contributed by atoms with Crippen LogP contribution in [0.15, 0.2) is 244 Å². The predicted octanol–water partition coefficient (Wildman–Crippen LogP) is 22.6. The number of nitrogens with zero attached hydrogens (tertiary/aromatic N) is 11. The van der Waals surface area contributed by atoms with Gasteiger partial charge in [0.25, 0.3) is 0 Å². The molecule has 8 aromatic heterocycles. The van der Waals surface area contributed by atoms with Gasteiger partial charge in [-0.25, -0.2) is 9.78 Å². The van der Waals surface area contributed by atoms with Crippen LogP contribution in [0.3, 0.4) is 0 Å². The molecule has 114 heavy (non-hydrogen) atoms. The topological polar surface area (TPSA) is 155 Å². The van der Waals surface area contributed by atoms with Gasteiger partial charge in [0.15, 0.2) is 0 Å². The molecule has 1 N–H and O–H groups in total. The quantitative estimate of drug-likeness (QED) is 0.104. The maximum Gasteiger partial charge on any atom is 0.354 e. The molecule has 4 fully saturated rings. The van der Waals surface area contributed by atoms with E-state index in [4.69, 9.17) is 5.11 Å². The summed E-state index contributed by atoms with van der Waals surface area (Å²) in [6, 6.07) is 81.9. The first-order chi connectivity index (χ1) is 53.5. The van der Waals surface area contributed by atoms with Crippen LogP contribution in [0.4, 0.5) is 0 Å². The normalized spacial score (nSPS) is 14.8. The third-order valence-corrected chi connectivity index (χ3v) is 22.3. The molecule has 17 heteroatoms. The Morgan fingerprint density at radius 1 is 0.465 bits per heavy atom. The van der Waals surface area contributed by atoms with Crippen molar-refractivity contribution in [1.29, 1.82) is 0 Å². The molecule has 0 spiro atoms. The van der Waals surface area contributed by atoms with Crippen molar-refractivity contribution in [2.45, 2.75) is 181 Å². The number of aryl methyl sites for hydroxylation is 2. The Labute approximate surface area is 731 Å². The van der Waals surface area contributed by atoms with Gasteiger partial charge in [-0.15, -0.1) is 162 Å². The van der Waals surface area contributed by atoms with Crippen molar-refractivity contribution in [3.8, 4) is 62.2 Å². The fourth-order valence-corrected chi connectivity index (χ4v) is 15.8. The van der Waals surface area contributed by atoms with Crippen molar-refractivity contribution in [2.75, 3.05) is 0 Å². The number of aromatic carboxylic acids is 1. The first kappa shape index (κ1) is 92.7. The molecule has 0 atom stereocenters. The molecule has 602 valence electrons. The molecule has 13 aromatic rings. The van der Waals surface area contributed by atoms with Crippen LogP contribution in [0.1, 0.15) is 188 Å².